The smallest absolute Gasteiger partial charge is 0.309 e. The van der Waals surface area contributed by atoms with Gasteiger partial charge in [-0.25, -0.2) is 0 Å². The third-order valence-electron chi connectivity index (χ3n) is 2.97. The Morgan fingerprint density at radius 3 is 2.75 bits per heavy atom. The average Bonchev–Trinajstić information content (AvgIpc) is 2.28. The van der Waals surface area contributed by atoms with Crippen LogP contribution in [0.15, 0.2) is 0 Å². The molecule has 94 valence electrons. The van der Waals surface area contributed by atoms with E-state index in [0.717, 1.165) is 32.1 Å². The van der Waals surface area contributed by atoms with Crippen LogP contribution >= 0.6 is 0 Å². The monoisotopic (exact) mass is 230 g/mol. The fourth-order valence-electron chi connectivity index (χ4n) is 2.02. The topological polar surface area (TPSA) is 55.8 Å². The number of aliphatic hydroxyl groups excluding tert-OH is 1. The first-order valence-electron chi connectivity index (χ1n) is 6.07. The van der Waals surface area contributed by atoms with Crippen molar-refractivity contribution in [3.05, 3.63) is 0 Å². The van der Waals surface area contributed by atoms with Crippen LogP contribution in [0.4, 0.5) is 0 Å². The number of hydrogen-bond donors (Lipinski definition) is 1. The van der Waals surface area contributed by atoms with E-state index in [1.54, 1.807) is 7.11 Å². The molecule has 16 heavy (non-hydrogen) atoms. The van der Waals surface area contributed by atoms with E-state index in [0.29, 0.717) is 19.6 Å². The molecule has 0 aliphatic heterocycles. The van der Waals surface area contributed by atoms with Crippen LogP contribution in [0, 0.1) is 5.92 Å². The summed E-state index contributed by atoms with van der Waals surface area (Å²) < 4.78 is 10.1. The number of rotatable bonds is 6. The molecule has 0 amide bonds. The molecule has 1 unspecified atom stereocenters. The molecule has 0 spiro atoms. The first-order chi connectivity index (χ1) is 7.74. The van der Waals surface area contributed by atoms with Crippen molar-refractivity contribution in [3.63, 3.8) is 0 Å². The van der Waals surface area contributed by atoms with Crippen LogP contribution in [-0.2, 0) is 14.3 Å². The zero-order valence-electron chi connectivity index (χ0n) is 9.98. The van der Waals surface area contributed by atoms with Gasteiger partial charge < -0.3 is 14.6 Å². The molecule has 1 saturated carbocycles. The number of hydrogen-bond acceptors (Lipinski definition) is 4. The number of unbranched alkanes of at least 4 members (excludes halogenated alkanes) is 1. The van der Waals surface area contributed by atoms with Crippen LogP contribution < -0.4 is 0 Å². The van der Waals surface area contributed by atoms with Gasteiger partial charge in [-0.2, -0.15) is 0 Å². The average molecular weight is 230 g/mol. The van der Waals surface area contributed by atoms with Crippen molar-refractivity contribution in [2.45, 2.75) is 44.6 Å². The van der Waals surface area contributed by atoms with Gasteiger partial charge in [0.05, 0.1) is 18.6 Å². The zero-order valence-corrected chi connectivity index (χ0v) is 9.98. The lowest BCUT2D eigenvalue weighted by Gasteiger charge is -2.24. The molecule has 1 rings (SSSR count). The number of aliphatic hydroxyl groups is 1. The molecule has 1 fully saturated rings. The van der Waals surface area contributed by atoms with E-state index in [9.17, 15) is 9.90 Å². The molecule has 4 heteroatoms. The number of ether oxygens (including phenoxy) is 2. The second-order valence-electron chi connectivity index (χ2n) is 4.38. The van der Waals surface area contributed by atoms with Gasteiger partial charge >= 0.3 is 5.97 Å². The van der Waals surface area contributed by atoms with E-state index in [1.165, 1.54) is 0 Å². The molecule has 0 aromatic heterocycles. The van der Waals surface area contributed by atoms with Crippen molar-refractivity contribution >= 4 is 5.97 Å². The minimum atomic E-state index is -0.320. The van der Waals surface area contributed by atoms with E-state index in [-0.39, 0.29) is 18.0 Å². The lowest BCUT2D eigenvalue weighted by atomic mass is 9.87. The molecule has 2 atom stereocenters. The quantitative estimate of drug-likeness (QED) is 0.555. The van der Waals surface area contributed by atoms with Gasteiger partial charge in [0.1, 0.15) is 0 Å². The summed E-state index contributed by atoms with van der Waals surface area (Å²) in [6.45, 7) is 1.18. The molecule has 1 N–H and O–H groups in total. The number of esters is 1. The second-order valence-corrected chi connectivity index (χ2v) is 4.38. The molecule has 1 aliphatic rings. The highest BCUT2D eigenvalue weighted by Gasteiger charge is 2.26. The van der Waals surface area contributed by atoms with Crippen molar-refractivity contribution in [3.8, 4) is 0 Å². The Bertz CT molecular complexity index is 205. The SMILES string of the molecule is COCCCCOC(=O)C1CCC[C@@H](O)C1. The minimum Gasteiger partial charge on any atom is -0.465 e. The summed E-state index contributed by atoms with van der Waals surface area (Å²) in [5.41, 5.74) is 0. The molecule has 4 nitrogen and oxygen atoms in total. The molecule has 0 saturated heterocycles. The predicted molar refractivity (Wildman–Crippen MR) is 60.0 cm³/mol. The van der Waals surface area contributed by atoms with Gasteiger partial charge in [-0.05, 0) is 32.1 Å². The highest BCUT2D eigenvalue weighted by atomic mass is 16.5. The van der Waals surface area contributed by atoms with E-state index in [4.69, 9.17) is 9.47 Å². The van der Waals surface area contributed by atoms with Gasteiger partial charge in [-0.15, -0.1) is 0 Å². The van der Waals surface area contributed by atoms with E-state index in [1.807, 2.05) is 0 Å². The molecular weight excluding hydrogens is 208 g/mol. The van der Waals surface area contributed by atoms with Crippen LogP contribution in [0.3, 0.4) is 0 Å². The highest BCUT2D eigenvalue weighted by Crippen LogP contribution is 2.25. The Morgan fingerprint density at radius 1 is 1.31 bits per heavy atom. The highest BCUT2D eigenvalue weighted by molar-refractivity contribution is 5.72. The summed E-state index contributed by atoms with van der Waals surface area (Å²) >= 11 is 0. The lowest BCUT2D eigenvalue weighted by molar-refractivity contribution is -0.151. The Labute approximate surface area is 96.9 Å². The molecule has 1 aliphatic carbocycles. The normalized spacial score (nSPS) is 25.4. The van der Waals surface area contributed by atoms with Crippen LogP contribution in [0.2, 0.25) is 0 Å². The first kappa shape index (κ1) is 13.5. The number of carbonyl (C=O) groups excluding carboxylic acids is 1. The molecule has 0 radical (unpaired) electrons. The van der Waals surface area contributed by atoms with Gasteiger partial charge in [0, 0.05) is 13.7 Å². The fourth-order valence-corrected chi connectivity index (χ4v) is 2.02. The van der Waals surface area contributed by atoms with Crippen molar-refractivity contribution in [1.29, 1.82) is 0 Å². The Balaban J connectivity index is 2.09. The van der Waals surface area contributed by atoms with Crippen molar-refractivity contribution < 1.29 is 19.4 Å². The number of carbonyl (C=O) groups is 1. The van der Waals surface area contributed by atoms with Gasteiger partial charge in [0.25, 0.3) is 0 Å². The molecule has 0 aromatic carbocycles. The Morgan fingerprint density at radius 2 is 2.06 bits per heavy atom. The summed E-state index contributed by atoms with van der Waals surface area (Å²) in [6.07, 6.45) is 4.60. The molecule has 0 bridgehead atoms. The summed E-state index contributed by atoms with van der Waals surface area (Å²) in [5.74, 6) is -0.234. The Kier molecular flexibility index (Phi) is 6.42. The Hall–Kier alpha value is -0.610. The van der Waals surface area contributed by atoms with E-state index >= 15 is 0 Å². The van der Waals surface area contributed by atoms with Gasteiger partial charge in [-0.1, -0.05) is 6.42 Å². The summed E-state index contributed by atoms with van der Waals surface area (Å²) in [7, 11) is 1.66. The van der Waals surface area contributed by atoms with E-state index in [2.05, 4.69) is 0 Å². The molecule has 0 heterocycles. The number of methoxy groups -OCH3 is 1. The van der Waals surface area contributed by atoms with Crippen molar-refractivity contribution in [2.75, 3.05) is 20.3 Å². The standard InChI is InChI=1S/C12H22O4/c1-15-7-2-3-8-16-12(14)10-5-4-6-11(13)9-10/h10-11,13H,2-9H2,1H3/t10?,11-/m1/s1. The van der Waals surface area contributed by atoms with E-state index < -0.39 is 0 Å². The van der Waals surface area contributed by atoms with Crippen LogP contribution in [0.1, 0.15) is 38.5 Å². The fraction of sp³-hybridized carbons (Fsp3) is 0.917. The third kappa shape index (κ3) is 4.94. The maximum absolute atomic E-state index is 11.6. The molecule has 0 aromatic rings. The third-order valence-corrected chi connectivity index (χ3v) is 2.97. The molecular formula is C12H22O4. The largest absolute Gasteiger partial charge is 0.465 e. The maximum atomic E-state index is 11.6. The van der Waals surface area contributed by atoms with Gasteiger partial charge in [0.2, 0.25) is 0 Å². The van der Waals surface area contributed by atoms with Gasteiger partial charge in [-0.3, -0.25) is 4.79 Å². The minimum absolute atomic E-state index is 0.0915. The van der Waals surface area contributed by atoms with Crippen molar-refractivity contribution in [2.24, 2.45) is 5.92 Å². The summed E-state index contributed by atoms with van der Waals surface area (Å²) in [4.78, 5) is 11.6. The zero-order chi connectivity index (χ0) is 11.8. The van der Waals surface area contributed by atoms with Crippen molar-refractivity contribution in [1.82, 2.24) is 0 Å². The second kappa shape index (κ2) is 7.63. The van der Waals surface area contributed by atoms with Gasteiger partial charge in [0.15, 0.2) is 0 Å². The maximum Gasteiger partial charge on any atom is 0.309 e. The first-order valence-corrected chi connectivity index (χ1v) is 6.07. The summed E-state index contributed by atoms with van der Waals surface area (Å²) in [6, 6.07) is 0. The van der Waals surface area contributed by atoms with Crippen LogP contribution in [0.5, 0.6) is 0 Å². The lowest BCUT2D eigenvalue weighted by Crippen LogP contribution is -2.27. The predicted octanol–water partition coefficient (Wildman–Crippen LogP) is 1.51. The van der Waals surface area contributed by atoms with Crippen LogP contribution in [0.25, 0.3) is 0 Å². The summed E-state index contributed by atoms with van der Waals surface area (Å²) in [5, 5.41) is 9.45. The van der Waals surface area contributed by atoms with Crippen LogP contribution in [-0.4, -0.2) is 37.5 Å².